The van der Waals surface area contributed by atoms with Gasteiger partial charge in [0.15, 0.2) is 0 Å². The van der Waals surface area contributed by atoms with Crippen molar-refractivity contribution in [1.29, 1.82) is 0 Å². The van der Waals surface area contributed by atoms with Crippen LogP contribution in [0, 0.1) is 0 Å². The molecule has 5 heteroatoms. The molecule has 1 aliphatic rings. The molecule has 0 aliphatic heterocycles. The van der Waals surface area contributed by atoms with Gasteiger partial charge in [-0.05, 0) is 55.2 Å². The quantitative estimate of drug-likeness (QED) is 0.777. The number of benzene rings is 1. The number of carbonyl (C=O) groups excluding carboxylic acids is 1. The van der Waals surface area contributed by atoms with Crippen LogP contribution in [0.5, 0.6) is 5.75 Å². The number of hydrogen-bond donors (Lipinski definition) is 2. The Morgan fingerprint density at radius 2 is 2.25 bits per heavy atom. The van der Waals surface area contributed by atoms with Crippen molar-refractivity contribution >= 4 is 16.8 Å². The second kappa shape index (κ2) is 6.00. The minimum absolute atomic E-state index is 0.0124. The average Bonchev–Trinajstić information content (AvgIpc) is 3.01. The minimum Gasteiger partial charge on any atom is -0.497 e. The molecule has 3 aromatic rings. The van der Waals surface area contributed by atoms with Crippen LogP contribution in [0.2, 0.25) is 0 Å². The Balaban J connectivity index is 1.67. The molecule has 0 fully saturated rings. The summed E-state index contributed by atoms with van der Waals surface area (Å²) in [5, 5.41) is 4.30. The Kier molecular flexibility index (Phi) is 3.69. The summed E-state index contributed by atoms with van der Waals surface area (Å²) in [5.74, 6) is 0.716. The van der Waals surface area contributed by atoms with Crippen molar-refractivity contribution in [3.63, 3.8) is 0 Å². The van der Waals surface area contributed by atoms with Crippen LogP contribution in [0.1, 0.15) is 40.6 Å². The van der Waals surface area contributed by atoms with E-state index in [0.29, 0.717) is 5.69 Å². The van der Waals surface area contributed by atoms with Gasteiger partial charge in [0, 0.05) is 22.8 Å². The number of H-pyrrole nitrogens is 1. The molecule has 122 valence electrons. The maximum Gasteiger partial charge on any atom is 0.270 e. The van der Waals surface area contributed by atoms with Crippen molar-refractivity contribution < 1.29 is 9.53 Å². The van der Waals surface area contributed by atoms with Crippen LogP contribution in [0.3, 0.4) is 0 Å². The van der Waals surface area contributed by atoms with Crippen LogP contribution < -0.4 is 10.1 Å². The molecule has 0 unspecified atom stereocenters. The van der Waals surface area contributed by atoms with Crippen molar-refractivity contribution in [2.45, 2.75) is 25.3 Å². The minimum atomic E-state index is -0.135. The SMILES string of the molecule is COc1ccc2[nH]c3c(c2c1)CCC[C@@H]3NC(=O)c1ccccn1. The van der Waals surface area contributed by atoms with Gasteiger partial charge < -0.3 is 15.0 Å². The van der Waals surface area contributed by atoms with Gasteiger partial charge in [0.1, 0.15) is 11.4 Å². The first-order valence-electron chi connectivity index (χ1n) is 8.16. The number of hydrogen-bond acceptors (Lipinski definition) is 3. The number of aromatic nitrogens is 2. The zero-order chi connectivity index (χ0) is 16.5. The third kappa shape index (κ3) is 2.52. The molecule has 1 aliphatic carbocycles. The summed E-state index contributed by atoms with van der Waals surface area (Å²) in [6.07, 6.45) is 4.62. The smallest absolute Gasteiger partial charge is 0.270 e. The molecular weight excluding hydrogens is 302 g/mol. The van der Waals surface area contributed by atoms with Crippen LogP contribution in [-0.2, 0) is 6.42 Å². The van der Waals surface area contributed by atoms with Crippen molar-refractivity contribution in [3.05, 3.63) is 59.5 Å². The predicted molar refractivity (Wildman–Crippen MR) is 92.2 cm³/mol. The Bertz CT molecular complexity index is 886. The zero-order valence-corrected chi connectivity index (χ0v) is 13.5. The van der Waals surface area contributed by atoms with E-state index in [1.54, 1.807) is 25.4 Å². The number of nitrogens with one attached hydrogen (secondary N) is 2. The number of amides is 1. The zero-order valence-electron chi connectivity index (χ0n) is 13.5. The summed E-state index contributed by atoms with van der Waals surface area (Å²) in [6.45, 7) is 0. The fourth-order valence-electron chi connectivity index (χ4n) is 3.44. The number of aryl methyl sites for hydroxylation is 1. The van der Waals surface area contributed by atoms with Gasteiger partial charge in [-0.2, -0.15) is 0 Å². The summed E-state index contributed by atoms with van der Waals surface area (Å²) in [5.41, 5.74) is 3.91. The van der Waals surface area contributed by atoms with Crippen LogP contribution in [0.4, 0.5) is 0 Å². The molecular formula is C19H19N3O2. The van der Waals surface area contributed by atoms with E-state index in [4.69, 9.17) is 4.74 Å². The number of methoxy groups -OCH3 is 1. The first-order valence-corrected chi connectivity index (χ1v) is 8.16. The van der Waals surface area contributed by atoms with E-state index in [9.17, 15) is 4.79 Å². The highest BCUT2D eigenvalue weighted by molar-refractivity contribution is 5.93. The first-order chi connectivity index (χ1) is 11.8. The van der Waals surface area contributed by atoms with Crippen LogP contribution in [0.25, 0.3) is 10.9 Å². The normalized spacial score (nSPS) is 16.6. The van der Waals surface area contributed by atoms with E-state index >= 15 is 0 Å². The Hall–Kier alpha value is -2.82. The topological polar surface area (TPSA) is 67.0 Å². The van der Waals surface area contributed by atoms with Crippen LogP contribution >= 0.6 is 0 Å². The van der Waals surface area contributed by atoms with Gasteiger partial charge in [0.2, 0.25) is 0 Å². The van der Waals surface area contributed by atoms with Gasteiger partial charge in [-0.25, -0.2) is 0 Å². The molecule has 2 heterocycles. The predicted octanol–water partition coefficient (Wildman–Crippen LogP) is 3.38. The molecule has 4 rings (SSSR count). The summed E-state index contributed by atoms with van der Waals surface area (Å²) >= 11 is 0. The largest absolute Gasteiger partial charge is 0.497 e. The summed E-state index contributed by atoms with van der Waals surface area (Å²) < 4.78 is 5.34. The third-order valence-electron chi connectivity index (χ3n) is 4.62. The number of fused-ring (bicyclic) bond motifs is 3. The van der Waals surface area contributed by atoms with Gasteiger partial charge in [0.05, 0.1) is 13.2 Å². The lowest BCUT2D eigenvalue weighted by Crippen LogP contribution is -2.31. The number of pyridine rings is 1. The maximum atomic E-state index is 12.4. The molecule has 5 nitrogen and oxygen atoms in total. The molecule has 0 saturated carbocycles. The monoisotopic (exact) mass is 321 g/mol. The third-order valence-corrected chi connectivity index (χ3v) is 4.62. The van der Waals surface area contributed by atoms with E-state index in [1.165, 1.54) is 10.9 Å². The summed E-state index contributed by atoms with van der Waals surface area (Å²) in [4.78, 5) is 20.0. The number of nitrogens with zero attached hydrogens (tertiary/aromatic N) is 1. The molecule has 1 aromatic carbocycles. The highest BCUT2D eigenvalue weighted by Gasteiger charge is 2.26. The van der Waals surface area contributed by atoms with Gasteiger partial charge in [-0.1, -0.05) is 6.07 Å². The second-order valence-electron chi connectivity index (χ2n) is 6.06. The first kappa shape index (κ1) is 14.8. The number of carbonyl (C=O) groups is 1. The van der Waals surface area contributed by atoms with Crippen LogP contribution in [0.15, 0.2) is 42.6 Å². The van der Waals surface area contributed by atoms with E-state index in [0.717, 1.165) is 36.2 Å². The van der Waals surface area contributed by atoms with Gasteiger partial charge in [-0.15, -0.1) is 0 Å². The lowest BCUT2D eigenvalue weighted by Gasteiger charge is -2.23. The van der Waals surface area contributed by atoms with Gasteiger partial charge in [-0.3, -0.25) is 9.78 Å². The number of ether oxygens (including phenoxy) is 1. The van der Waals surface area contributed by atoms with E-state index in [1.807, 2.05) is 18.2 Å². The number of rotatable bonds is 3. The van der Waals surface area contributed by atoms with Gasteiger partial charge >= 0.3 is 0 Å². The highest BCUT2D eigenvalue weighted by Crippen LogP contribution is 2.36. The highest BCUT2D eigenvalue weighted by atomic mass is 16.5. The molecule has 24 heavy (non-hydrogen) atoms. The van der Waals surface area contributed by atoms with Gasteiger partial charge in [0.25, 0.3) is 5.91 Å². The van der Waals surface area contributed by atoms with Crippen molar-refractivity contribution in [2.24, 2.45) is 0 Å². The second-order valence-corrected chi connectivity index (χ2v) is 6.06. The molecule has 2 aromatic heterocycles. The molecule has 0 saturated heterocycles. The molecule has 0 bridgehead atoms. The molecule has 0 spiro atoms. The summed E-state index contributed by atoms with van der Waals surface area (Å²) in [6, 6.07) is 11.4. The van der Waals surface area contributed by atoms with E-state index < -0.39 is 0 Å². The average molecular weight is 321 g/mol. The lowest BCUT2D eigenvalue weighted by molar-refractivity contribution is 0.0927. The van der Waals surface area contributed by atoms with E-state index in [-0.39, 0.29) is 11.9 Å². The number of aromatic amines is 1. The summed E-state index contributed by atoms with van der Waals surface area (Å²) in [7, 11) is 1.68. The van der Waals surface area contributed by atoms with E-state index in [2.05, 4.69) is 21.4 Å². The molecule has 1 atom stereocenters. The standard InChI is InChI=1S/C19H19N3O2/c1-24-12-8-9-15-14(11-12)13-5-4-7-16(18(13)21-15)22-19(23)17-6-2-3-10-20-17/h2-3,6,8-11,16,21H,4-5,7H2,1H3,(H,22,23)/t16-/m0/s1. The molecule has 0 radical (unpaired) electrons. The molecule has 2 N–H and O–H groups in total. The van der Waals surface area contributed by atoms with Crippen molar-refractivity contribution in [2.75, 3.05) is 7.11 Å². The Morgan fingerprint density at radius 3 is 3.04 bits per heavy atom. The fourth-order valence-corrected chi connectivity index (χ4v) is 3.44. The maximum absolute atomic E-state index is 12.4. The Morgan fingerprint density at radius 1 is 1.33 bits per heavy atom. The van der Waals surface area contributed by atoms with Crippen LogP contribution in [-0.4, -0.2) is 23.0 Å². The Labute approximate surface area is 140 Å². The lowest BCUT2D eigenvalue weighted by atomic mass is 9.91. The van der Waals surface area contributed by atoms with Crippen molar-refractivity contribution in [1.82, 2.24) is 15.3 Å². The fraction of sp³-hybridized carbons (Fsp3) is 0.263. The van der Waals surface area contributed by atoms with Crippen molar-refractivity contribution in [3.8, 4) is 5.75 Å². The molecule has 1 amide bonds.